The summed E-state index contributed by atoms with van der Waals surface area (Å²) < 4.78 is 7.51. The summed E-state index contributed by atoms with van der Waals surface area (Å²) in [4.78, 5) is 16.4. The minimum atomic E-state index is -0.0552. The van der Waals surface area contributed by atoms with Gasteiger partial charge in [-0.05, 0) is 35.7 Å². The summed E-state index contributed by atoms with van der Waals surface area (Å²) in [5.74, 6) is 1.84. The van der Waals surface area contributed by atoms with Crippen LogP contribution in [0, 0.1) is 0 Å². The number of hydrogen-bond donors (Lipinski definition) is 0. The van der Waals surface area contributed by atoms with E-state index in [1.807, 2.05) is 47.4 Å². The predicted octanol–water partition coefficient (Wildman–Crippen LogP) is 6.27. The Kier molecular flexibility index (Phi) is 3.38. The molecule has 3 heterocycles. The van der Waals surface area contributed by atoms with Crippen LogP contribution in [-0.2, 0) is 4.79 Å². The molecule has 2 aliphatic rings. The van der Waals surface area contributed by atoms with Crippen LogP contribution in [-0.4, -0.2) is 5.91 Å². The third-order valence-corrected chi connectivity index (χ3v) is 6.96. The first kappa shape index (κ1) is 15.9. The van der Waals surface area contributed by atoms with E-state index < -0.39 is 0 Å². The normalized spacial score (nSPS) is 20.3. The average molecular weight is 383 g/mol. The van der Waals surface area contributed by atoms with Gasteiger partial charge in [0.1, 0.15) is 5.75 Å². The number of para-hydroxylation sites is 3. The first-order valence-corrected chi connectivity index (χ1v) is 10.3. The maximum Gasteiger partial charge on any atom is 0.228 e. The largest absolute Gasteiger partial charge is 0.455 e. The number of fused-ring (bicyclic) bond motifs is 6. The molecule has 0 bridgehead atoms. The van der Waals surface area contributed by atoms with Crippen molar-refractivity contribution >= 4 is 33.0 Å². The van der Waals surface area contributed by atoms with Gasteiger partial charge in [0.15, 0.2) is 5.75 Å². The molecule has 0 aliphatic carbocycles. The number of amides is 1. The van der Waals surface area contributed by atoms with Crippen molar-refractivity contribution in [2.75, 3.05) is 4.90 Å². The van der Waals surface area contributed by atoms with Gasteiger partial charge in [-0.1, -0.05) is 48.5 Å². The van der Waals surface area contributed by atoms with Gasteiger partial charge in [0.05, 0.1) is 11.7 Å². The second kappa shape index (κ2) is 5.94. The van der Waals surface area contributed by atoms with Crippen LogP contribution in [0.5, 0.6) is 11.5 Å². The highest BCUT2D eigenvalue weighted by Gasteiger charge is 2.46. The number of rotatable bonds is 1. The molecule has 4 heteroatoms. The molecule has 1 amide bonds. The minimum absolute atomic E-state index is 0.0552. The van der Waals surface area contributed by atoms with Crippen LogP contribution in [0.3, 0.4) is 0 Å². The molecule has 3 aromatic carbocycles. The molecule has 0 N–H and O–H groups in total. The lowest BCUT2D eigenvalue weighted by Crippen LogP contribution is -2.27. The third-order valence-electron chi connectivity index (χ3n) is 5.71. The van der Waals surface area contributed by atoms with E-state index in [9.17, 15) is 4.79 Å². The van der Waals surface area contributed by atoms with Crippen LogP contribution in [0.2, 0.25) is 0 Å². The standard InChI is InChI=1S/C24H17NO2S/c26-23-14-17(22-13-15-7-1-6-12-21(15)28-22)24-16-8-2-4-10-19(16)27-20-11-5-3-9-18(20)25(23)24/h1-13,17,24H,14H2/t17-,24?/m1/s1. The lowest BCUT2D eigenvalue weighted by Gasteiger charge is -2.26. The van der Waals surface area contributed by atoms with Crippen molar-refractivity contribution in [2.24, 2.45) is 0 Å². The lowest BCUT2D eigenvalue weighted by atomic mass is 9.91. The summed E-state index contributed by atoms with van der Waals surface area (Å²) >= 11 is 1.80. The summed E-state index contributed by atoms with van der Waals surface area (Å²) in [6.45, 7) is 0. The minimum Gasteiger partial charge on any atom is -0.455 e. The number of benzene rings is 3. The van der Waals surface area contributed by atoms with E-state index in [-0.39, 0.29) is 17.9 Å². The second-order valence-electron chi connectivity index (χ2n) is 7.31. The van der Waals surface area contributed by atoms with Crippen molar-refractivity contribution in [2.45, 2.75) is 18.4 Å². The fourth-order valence-electron chi connectivity index (χ4n) is 4.49. The zero-order chi connectivity index (χ0) is 18.7. The SMILES string of the molecule is O=C1C[C@H](c2cc3ccccc3s2)C2c3ccccc3Oc3ccccc3N12. The molecule has 6 rings (SSSR count). The summed E-state index contributed by atoms with van der Waals surface area (Å²) in [5.41, 5.74) is 1.93. The van der Waals surface area contributed by atoms with Crippen molar-refractivity contribution in [1.29, 1.82) is 0 Å². The smallest absolute Gasteiger partial charge is 0.228 e. The molecule has 4 aromatic rings. The highest BCUT2D eigenvalue weighted by Crippen LogP contribution is 2.55. The molecule has 0 radical (unpaired) electrons. The number of ether oxygens (including phenoxy) is 1. The number of hydrogen-bond acceptors (Lipinski definition) is 3. The van der Waals surface area contributed by atoms with E-state index in [0.717, 1.165) is 22.7 Å². The molecule has 136 valence electrons. The molecule has 2 aliphatic heterocycles. The molecule has 28 heavy (non-hydrogen) atoms. The third kappa shape index (κ3) is 2.25. The van der Waals surface area contributed by atoms with E-state index in [1.165, 1.54) is 15.0 Å². The van der Waals surface area contributed by atoms with Crippen LogP contribution in [0.1, 0.15) is 28.8 Å². The fourth-order valence-corrected chi connectivity index (χ4v) is 5.69. The Labute approximate surface area is 166 Å². The lowest BCUT2D eigenvalue weighted by molar-refractivity contribution is -0.117. The summed E-state index contributed by atoms with van der Waals surface area (Å²) in [5, 5.41) is 1.24. The van der Waals surface area contributed by atoms with Crippen LogP contribution < -0.4 is 9.64 Å². The van der Waals surface area contributed by atoms with Crippen molar-refractivity contribution in [3.63, 3.8) is 0 Å². The maximum absolute atomic E-state index is 13.2. The average Bonchev–Trinajstić information content (AvgIpc) is 3.25. The van der Waals surface area contributed by atoms with Gasteiger partial charge in [-0.15, -0.1) is 11.3 Å². The van der Waals surface area contributed by atoms with E-state index in [1.54, 1.807) is 11.3 Å². The first-order chi connectivity index (χ1) is 13.8. The first-order valence-electron chi connectivity index (χ1n) is 9.46. The Hall–Kier alpha value is -3.11. The zero-order valence-corrected chi connectivity index (χ0v) is 15.9. The van der Waals surface area contributed by atoms with E-state index in [4.69, 9.17) is 4.74 Å². The maximum atomic E-state index is 13.2. The number of nitrogens with zero attached hydrogens (tertiary/aromatic N) is 1. The summed E-state index contributed by atoms with van der Waals surface area (Å²) in [6, 6.07) is 26.6. The molecule has 0 saturated carbocycles. The van der Waals surface area contributed by atoms with Gasteiger partial charge in [-0.2, -0.15) is 0 Å². The fraction of sp³-hybridized carbons (Fsp3) is 0.125. The molecular formula is C24H17NO2S. The van der Waals surface area contributed by atoms with Crippen LogP contribution in [0.15, 0.2) is 78.9 Å². The van der Waals surface area contributed by atoms with Crippen LogP contribution in [0.25, 0.3) is 10.1 Å². The van der Waals surface area contributed by atoms with Gasteiger partial charge in [-0.25, -0.2) is 0 Å². The number of anilines is 1. The van der Waals surface area contributed by atoms with Gasteiger partial charge in [0, 0.05) is 27.5 Å². The van der Waals surface area contributed by atoms with Gasteiger partial charge in [0.25, 0.3) is 0 Å². The van der Waals surface area contributed by atoms with Crippen molar-refractivity contribution < 1.29 is 9.53 Å². The highest BCUT2D eigenvalue weighted by molar-refractivity contribution is 7.19. The second-order valence-corrected chi connectivity index (χ2v) is 8.43. The zero-order valence-electron chi connectivity index (χ0n) is 15.0. The number of carbonyl (C=O) groups is 1. The van der Waals surface area contributed by atoms with Crippen molar-refractivity contribution in [1.82, 2.24) is 0 Å². The van der Waals surface area contributed by atoms with E-state index >= 15 is 0 Å². The number of carbonyl (C=O) groups excluding carboxylic acids is 1. The highest BCUT2D eigenvalue weighted by atomic mass is 32.1. The molecule has 1 unspecified atom stereocenters. The quantitative estimate of drug-likeness (QED) is 0.388. The summed E-state index contributed by atoms with van der Waals surface area (Å²) in [6.07, 6.45) is 0.514. The van der Waals surface area contributed by atoms with Gasteiger partial charge in [-0.3, -0.25) is 4.79 Å². The predicted molar refractivity (Wildman–Crippen MR) is 112 cm³/mol. The van der Waals surface area contributed by atoms with E-state index in [0.29, 0.717) is 6.42 Å². The summed E-state index contributed by atoms with van der Waals surface area (Å²) in [7, 11) is 0. The molecule has 2 atom stereocenters. The number of thiophene rings is 1. The molecular weight excluding hydrogens is 366 g/mol. The molecule has 1 saturated heterocycles. The molecule has 3 nitrogen and oxygen atoms in total. The Balaban J connectivity index is 1.58. The Bertz CT molecular complexity index is 1200. The van der Waals surface area contributed by atoms with Gasteiger partial charge >= 0.3 is 0 Å². The van der Waals surface area contributed by atoms with Crippen LogP contribution >= 0.6 is 11.3 Å². The molecule has 0 spiro atoms. The van der Waals surface area contributed by atoms with Crippen LogP contribution in [0.4, 0.5) is 5.69 Å². The van der Waals surface area contributed by atoms with E-state index in [2.05, 4.69) is 36.4 Å². The molecule has 1 fully saturated rings. The molecule has 1 aromatic heterocycles. The van der Waals surface area contributed by atoms with Gasteiger partial charge in [0.2, 0.25) is 5.91 Å². The van der Waals surface area contributed by atoms with Crippen molar-refractivity contribution in [3.8, 4) is 11.5 Å². The van der Waals surface area contributed by atoms with Crippen molar-refractivity contribution in [3.05, 3.63) is 89.3 Å². The van der Waals surface area contributed by atoms with Gasteiger partial charge < -0.3 is 9.64 Å². The Morgan fingerprint density at radius 2 is 1.64 bits per heavy atom. The topological polar surface area (TPSA) is 29.5 Å². The Morgan fingerprint density at radius 3 is 2.54 bits per heavy atom. The Morgan fingerprint density at radius 1 is 0.893 bits per heavy atom. The monoisotopic (exact) mass is 383 g/mol.